The second-order valence-electron chi connectivity index (χ2n) is 6.05. The summed E-state index contributed by atoms with van der Waals surface area (Å²) in [5, 5.41) is 0. The minimum Gasteiger partial charge on any atom is -0.399 e. The first-order chi connectivity index (χ1) is 9.25. The highest BCUT2D eigenvalue weighted by Crippen LogP contribution is 2.33. The molecule has 1 aromatic rings. The van der Waals surface area contributed by atoms with Gasteiger partial charge < -0.3 is 5.73 Å². The summed E-state index contributed by atoms with van der Waals surface area (Å²) in [4.78, 5) is 0.430. The van der Waals surface area contributed by atoms with Crippen LogP contribution in [0.15, 0.2) is 17.0 Å². The van der Waals surface area contributed by atoms with Gasteiger partial charge in [0.15, 0.2) is 0 Å². The van der Waals surface area contributed by atoms with E-state index < -0.39 is 10.0 Å². The Morgan fingerprint density at radius 3 is 2.30 bits per heavy atom. The van der Waals surface area contributed by atoms with E-state index in [0.717, 1.165) is 24.0 Å². The number of anilines is 1. The fourth-order valence-electron chi connectivity index (χ4n) is 3.24. The number of hydrogen-bond acceptors (Lipinski definition) is 3. The van der Waals surface area contributed by atoms with Crippen molar-refractivity contribution in [3.05, 3.63) is 23.3 Å². The fraction of sp³-hybridized carbons (Fsp3) is 0.600. The molecule has 20 heavy (non-hydrogen) atoms. The maximum absolute atomic E-state index is 13.0. The molecule has 0 radical (unpaired) electrons. The van der Waals surface area contributed by atoms with Gasteiger partial charge in [0.25, 0.3) is 0 Å². The molecule has 1 saturated heterocycles. The number of aryl methyl sites for hydroxylation is 2. The van der Waals surface area contributed by atoms with Crippen molar-refractivity contribution in [2.75, 3.05) is 12.3 Å². The quantitative estimate of drug-likeness (QED) is 0.872. The largest absolute Gasteiger partial charge is 0.399 e. The highest BCUT2D eigenvalue weighted by Gasteiger charge is 2.38. The van der Waals surface area contributed by atoms with Crippen LogP contribution in [0.1, 0.15) is 37.8 Å². The van der Waals surface area contributed by atoms with Gasteiger partial charge in [-0.05, 0) is 55.9 Å². The lowest BCUT2D eigenvalue weighted by Gasteiger charge is -2.28. The van der Waals surface area contributed by atoms with Gasteiger partial charge in [-0.3, -0.25) is 0 Å². The van der Waals surface area contributed by atoms with Gasteiger partial charge in [0.2, 0.25) is 10.0 Å². The third-order valence-corrected chi connectivity index (χ3v) is 6.30. The molecule has 0 bridgehead atoms. The summed E-state index contributed by atoms with van der Waals surface area (Å²) < 4.78 is 27.7. The molecule has 1 aromatic carbocycles. The number of nitrogen functional groups attached to an aromatic ring is 1. The van der Waals surface area contributed by atoms with E-state index in [4.69, 9.17) is 5.73 Å². The minimum atomic E-state index is -3.43. The molecule has 0 saturated carbocycles. The normalized spacial score (nSPS) is 20.8. The van der Waals surface area contributed by atoms with Crippen molar-refractivity contribution in [3.8, 4) is 0 Å². The average Bonchev–Trinajstić information content (AvgIpc) is 2.75. The molecule has 4 nitrogen and oxygen atoms in total. The first-order valence-corrected chi connectivity index (χ1v) is 8.57. The first kappa shape index (κ1) is 15.3. The number of rotatable bonds is 3. The Kier molecular flexibility index (Phi) is 4.12. The maximum atomic E-state index is 13.0. The summed E-state index contributed by atoms with van der Waals surface area (Å²) in [6.07, 6.45) is 1.89. The van der Waals surface area contributed by atoms with Crippen molar-refractivity contribution in [2.24, 2.45) is 5.92 Å². The van der Waals surface area contributed by atoms with Crippen LogP contribution in [0, 0.1) is 19.8 Å². The summed E-state index contributed by atoms with van der Waals surface area (Å²) in [7, 11) is -3.43. The summed E-state index contributed by atoms with van der Waals surface area (Å²) in [5.41, 5.74) is 7.87. The number of benzene rings is 1. The van der Waals surface area contributed by atoms with Crippen LogP contribution in [0.25, 0.3) is 0 Å². The summed E-state index contributed by atoms with van der Waals surface area (Å²) in [6, 6.07) is 3.58. The molecule has 1 heterocycles. The van der Waals surface area contributed by atoms with Crippen LogP contribution < -0.4 is 5.73 Å². The number of hydrogen-bond donors (Lipinski definition) is 1. The maximum Gasteiger partial charge on any atom is 0.243 e. The Morgan fingerprint density at radius 2 is 1.80 bits per heavy atom. The highest BCUT2D eigenvalue weighted by molar-refractivity contribution is 7.89. The van der Waals surface area contributed by atoms with Gasteiger partial charge in [-0.15, -0.1) is 0 Å². The fourth-order valence-corrected chi connectivity index (χ4v) is 5.48. The standard InChI is InChI=1S/C15H24N2O2S/c1-10(2)14-6-5-7-17(14)20(18,19)15-11(3)8-13(16)9-12(15)4/h8-10,14H,5-7,16H2,1-4H3. The van der Waals surface area contributed by atoms with E-state index in [9.17, 15) is 8.42 Å². The number of nitrogens with two attached hydrogens (primary N) is 1. The topological polar surface area (TPSA) is 63.4 Å². The Bertz CT molecular complexity index is 585. The molecular weight excluding hydrogens is 272 g/mol. The van der Waals surface area contributed by atoms with Crippen molar-refractivity contribution < 1.29 is 8.42 Å². The SMILES string of the molecule is Cc1cc(N)cc(C)c1S(=O)(=O)N1CCCC1C(C)C. The smallest absolute Gasteiger partial charge is 0.243 e. The second kappa shape index (κ2) is 5.37. The molecule has 112 valence electrons. The van der Waals surface area contributed by atoms with Gasteiger partial charge in [0.05, 0.1) is 4.90 Å². The zero-order valence-electron chi connectivity index (χ0n) is 12.7. The van der Waals surface area contributed by atoms with Crippen LogP contribution >= 0.6 is 0 Å². The van der Waals surface area contributed by atoms with E-state index in [2.05, 4.69) is 13.8 Å². The van der Waals surface area contributed by atoms with Crippen molar-refractivity contribution in [3.63, 3.8) is 0 Å². The predicted molar refractivity (Wildman–Crippen MR) is 82.1 cm³/mol. The van der Waals surface area contributed by atoms with E-state index >= 15 is 0 Å². The van der Waals surface area contributed by atoms with Gasteiger partial charge in [-0.2, -0.15) is 4.31 Å². The van der Waals surface area contributed by atoms with E-state index in [0.29, 0.717) is 23.0 Å². The van der Waals surface area contributed by atoms with E-state index in [-0.39, 0.29) is 6.04 Å². The van der Waals surface area contributed by atoms with Crippen LogP contribution in [0.3, 0.4) is 0 Å². The van der Waals surface area contributed by atoms with Crippen LogP contribution in [0.4, 0.5) is 5.69 Å². The Hall–Kier alpha value is -1.07. The van der Waals surface area contributed by atoms with Crippen LogP contribution in [0.2, 0.25) is 0 Å². The van der Waals surface area contributed by atoms with E-state index in [1.165, 1.54) is 0 Å². The lowest BCUT2D eigenvalue weighted by molar-refractivity contribution is 0.315. The molecule has 0 amide bonds. The van der Waals surface area contributed by atoms with Gasteiger partial charge >= 0.3 is 0 Å². The van der Waals surface area contributed by atoms with Crippen molar-refractivity contribution in [2.45, 2.75) is 51.5 Å². The molecule has 1 unspecified atom stereocenters. The van der Waals surface area contributed by atoms with Crippen LogP contribution in [0.5, 0.6) is 0 Å². The highest BCUT2D eigenvalue weighted by atomic mass is 32.2. The Morgan fingerprint density at radius 1 is 1.25 bits per heavy atom. The van der Waals surface area contributed by atoms with Crippen LogP contribution in [-0.2, 0) is 10.0 Å². The molecule has 0 aromatic heterocycles. The Labute approximate surface area is 122 Å². The summed E-state index contributed by atoms with van der Waals surface area (Å²) in [6.45, 7) is 8.42. The monoisotopic (exact) mass is 296 g/mol. The zero-order valence-corrected chi connectivity index (χ0v) is 13.5. The van der Waals surface area contributed by atoms with Crippen molar-refractivity contribution >= 4 is 15.7 Å². The van der Waals surface area contributed by atoms with Gasteiger partial charge in [-0.1, -0.05) is 13.8 Å². The third kappa shape index (κ3) is 2.56. The minimum absolute atomic E-state index is 0.108. The lowest BCUT2D eigenvalue weighted by atomic mass is 10.0. The molecule has 1 atom stereocenters. The van der Waals surface area contributed by atoms with Crippen molar-refractivity contribution in [1.29, 1.82) is 0 Å². The van der Waals surface area contributed by atoms with Gasteiger partial charge in [0.1, 0.15) is 0 Å². The molecule has 2 rings (SSSR count). The van der Waals surface area contributed by atoms with Gasteiger partial charge in [-0.25, -0.2) is 8.42 Å². The molecular formula is C15H24N2O2S. The molecule has 0 aliphatic carbocycles. The summed E-state index contributed by atoms with van der Waals surface area (Å²) >= 11 is 0. The van der Waals surface area contributed by atoms with Gasteiger partial charge in [0, 0.05) is 18.3 Å². The zero-order chi connectivity index (χ0) is 15.1. The lowest BCUT2D eigenvalue weighted by Crippen LogP contribution is -2.39. The predicted octanol–water partition coefficient (Wildman–Crippen LogP) is 2.69. The van der Waals surface area contributed by atoms with E-state index in [1.807, 2.05) is 13.8 Å². The second-order valence-corrected chi connectivity index (χ2v) is 7.88. The third-order valence-electron chi connectivity index (χ3n) is 4.07. The first-order valence-electron chi connectivity index (χ1n) is 7.13. The summed E-state index contributed by atoms with van der Waals surface area (Å²) in [5.74, 6) is 0.335. The molecule has 1 fully saturated rings. The number of nitrogens with zero attached hydrogens (tertiary/aromatic N) is 1. The molecule has 1 aliphatic heterocycles. The average molecular weight is 296 g/mol. The van der Waals surface area contributed by atoms with E-state index in [1.54, 1.807) is 16.4 Å². The number of sulfonamides is 1. The molecule has 5 heteroatoms. The van der Waals surface area contributed by atoms with Crippen LogP contribution in [-0.4, -0.2) is 25.3 Å². The molecule has 2 N–H and O–H groups in total. The van der Waals surface area contributed by atoms with Crippen molar-refractivity contribution in [1.82, 2.24) is 4.31 Å². The molecule has 0 spiro atoms. The molecule has 1 aliphatic rings. The Balaban J connectivity index is 2.51.